The first-order valence-electron chi connectivity index (χ1n) is 7.17. The van der Waals surface area contributed by atoms with Crippen LogP contribution in [0.25, 0.3) is 0 Å². The van der Waals surface area contributed by atoms with Crippen molar-refractivity contribution in [1.82, 2.24) is 4.57 Å². The van der Waals surface area contributed by atoms with Gasteiger partial charge in [-0.05, 0) is 30.7 Å². The quantitative estimate of drug-likeness (QED) is 0.909. The molecule has 104 valence electrons. The Kier molecular flexibility index (Phi) is 4.04. The molecule has 4 heteroatoms. The molecule has 0 amide bonds. The van der Waals surface area contributed by atoms with Crippen molar-refractivity contribution in [2.75, 3.05) is 23.7 Å². The van der Waals surface area contributed by atoms with E-state index in [0.717, 1.165) is 31.1 Å². The highest BCUT2D eigenvalue weighted by Gasteiger charge is 2.23. The molecule has 0 spiro atoms. The summed E-state index contributed by atoms with van der Waals surface area (Å²) >= 11 is 0. The smallest absolute Gasteiger partial charge is 0.133 e. The summed E-state index contributed by atoms with van der Waals surface area (Å²) in [5.41, 5.74) is 7.58. The lowest BCUT2D eigenvalue weighted by atomic mass is 10.0. The lowest BCUT2D eigenvalue weighted by molar-refractivity contribution is 0.434. The number of nitrogens with two attached hydrogens (primary N) is 1. The third-order valence-electron chi connectivity index (χ3n) is 3.72. The topological polar surface area (TPSA) is 58.0 Å². The van der Waals surface area contributed by atoms with Gasteiger partial charge in [0.2, 0.25) is 0 Å². The van der Waals surface area contributed by atoms with E-state index in [-0.39, 0.29) is 0 Å². The first-order chi connectivity index (χ1) is 9.02. The van der Waals surface area contributed by atoms with Gasteiger partial charge in [-0.3, -0.25) is 0 Å². The standard InChI is InChI=1S/C15H24N4/c1-11(2)9-19-13(8-16)7-14(17)15(19)18-6-4-5-12(3)10-18/h7,11-12H,4-6,9-10,17H2,1-3H3. The van der Waals surface area contributed by atoms with E-state index in [1.807, 2.05) is 6.07 Å². The van der Waals surface area contributed by atoms with Gasteiger partial charge in [0.1, 0.15) is 17.6 Å². The van der Waals surface area contributed by atoms with E-state index >= 15 is 0 Å². The Balaban J connectivity index is 2.37. The normalized spacial score (nSPS) is 19.7. The second-order valence-corrected chi connectivity index (χ2v) is 6.12. The van der Waals surface area contributed by atoms with Crippen LogP contribution in [0.2, 0.25) is 0 Å². The molecule has 19 heavy (non-hydrogen) atoms. The third-order valence-corrected chi connectivity index (χ3v) is 3.72. The molecule has 0 aromatic carbocycles. The van der Waals surface area contributed by atoms with Gasteiger partial charge in [0, 0.05) is 19.6 Å². The Labute approximate surface area is 115 Å². The molecule has 4 nitrogen and oxygen atoms in total. The molecule has 2 heterocycles. The zero-order chi connectivity index (χ0) is 14.0. The minimum Gasteiger partial charge on any atom is -0.396 e. The van der Waals surface area contributed by atoms with Crippen molar-refractivity contribution in [1.29, 1.82) is 5.26 Å². The number of hydrogen-bond donors (Lipinski definition) is 1. The monoisotopic (exact) mass is 260 g/mol. The van der Waals surface area contributed by atoms with Crippen LogP contribution in [0, 0.1) is 23.2 Å². The second kappa shape index (κ2) is 5.56. The van der Waals surface area contributed by atoms with Crippen molar-refractivity contribution in [3.05, 3.63) is 11.8 Å². The van der Waals surface area contributed by atoms with Crippen LogP contribution in [0.4, 0.5) is 11.5 Å². The average molecular weight is 260 g/mol. The Hall–Kier alpha value is -1.63. The van der Waals surface area contributed by atoms with Crippen LogP contribution in [0.15, 0.2) is 6.07 Å². The molecule has 2 N–H and O–H groups in total. The molecule has 0 radical (unpaired) electrons. The largest absolute Gasteiger partial charge is 0.396 e. The van der Waals surface area contributed by atoms with Crippen molar-refractivity contribution in [2.24, 2.45) is 11.8 Å². The number of hydrogen-bond acceptors (Lipinski definition) is 3. The van der Waals surface area contributed by atoms with Crippen molar-refractivity contribution in [2.45, 2.75) is 40.2 Å². The van der Waals surface area contributed by atoms with Crippen LogP contribution >= 0.6 is 0 Å². The molecular weight excluding hydrogens is 236 g/mol. The van der Waals surface area contributed by atoms with Crippen molar-refractivity contribution in [3.63, 3.8) is 0 Å². The van der Waals surface area contributed by atoms with Gasteiger partial charge in [0.25, 0.3) is 0 Å². The van der Waals surface area contributed by atoms with Gasteiger partial charge in [-0.2, -0.15) is 5.26 Å². The van der Waals surface area contributed by atoms with Crippen LogP contribution in [0.3, 0.4) is 0 Å². The fraction of sp³-hybridized carbons (Fsp3) is 0.667. The van der Waals surface area contributed by atoms with Gasteiger partial charge in [-0.25, -0.2) is 0 Å². The second-order valence-electron chi connectivity index (χ2n) is 6.12. The van der Waals surface area contributed by atoms with Gasteiger partial charge in [-0.1, -0.05) is 20.8 Å². The van der Waals surface area contributed by atoms with Crippen LogP contribution in [0.1, 0.15) is 39.3 Å². The van der Waals surface area contributed by atoms with E-state index in [1.165, 1.54) is 12.8 Å². The van der Waals surface area contributed by atoms with E-state index in [2.05, 4.69) is 36.3 Å². The third kappa shape index (κ3) is 2.86. The Bertz CT molecular complexity index is 481. The molecule has 0 bridgehead atoms. The minimum atomic E-state index is 0.500. The van der Waals surface area contributed by atoms with Crippen LogP contribution in [-0.2, 0) is 6.54 Å². The zero-order valence-corrected chi connectivity index (χ0v) is 12.2. The van der Waals surface area contributed by atoms with E-state index in [9.17, 15) is 5.26 Å². The predicted molar refractivity (Wildman–Crippen MR) is 79.0 cm³/mol. The van der Waals surface area contributed by atoms with Gasteiger partial charge in [-0.15, -0.1) is 0 Å². The van der Waals surface area contributed by atoms with Gasteiger partial charge >= 0.3 is 0 Å². The summed E-state index contributed by atoms with van der Waals surface area (Å²) in [5, 5.41) is 9.27. The summed E-state index contributed by atoms with van der Waals surface area (Å²) in [5.74, 6) is 2.25. The summed E-state index contributed by atoms with van der Waals surface area (Å²) in [4.78, 5) is 2.35. The van der Waals surface area contributed by atoms with Crippen LogP contribution in [-0.4, -0.2) is 17.7 Å². The van der Waals surface area contributed by atoms with Gasteiger partial charge < -0.3 is 15.2 Å². The molecule has 1 aromatic rings. The number of nitrogen functional groups attached to an aromatic ring is 1. The summed E-state index contributed by atoms with van der Waals surface area (Å²) in [7, 11) is 0. The minimum absolute atomic E-state index is 0.500. The molecule has 0 saturated carbocycles. The van der Waals surface area contributed by atoms with Crippen LogP contribution < -0.4 is 10.6 Å². The first-order valence-corrected chi connectivity index (χ1v) is 7.17. The number of piperidine rings is 1. The van der Waals surface area contributed by atoms with Gasteiger partial charge in [0.05, 0.1) is 5.69 Å². The van der Waals surface area contributed by atoms with Crippen molar-refractivity contribution in [3.8, 4) is 6.07 Å². The zero-order valence-electron chi connectivity index (χ0n) is 12.2. The van der Waals surface area contributed by atoms with Crippen molar-refractivity contribution < 1.29 is 0 Å². The molecule has 1 aliphatic heterocycles. The lowest BCUT2D eigenvalue weighted by Crippen LogP contribution is -2.36. The van der Waals surface area contributed by atoms with Gasteiger partial charge in [0.15, 0.2) is 0 Å². The fourth-order valence-corrected chi connectivity index (χ4v) is 2.94. The highest BCUT2D eigenvalue weighted by atomic mass is 15.3. The molecule has 1 fully saturated rings. The Morgan fingerprint density at radius 2 is 2.26 bits per heavy atom. The fourth-order valence-electron chi connectivity index (χ4n) is 2.94. The summed E-state index contributed by atoms with van der Waals surface area (Å²) in [6.07, 6.45) is 2.49. The SMILES string of the molecule is CC(C)Cn1c(C#N)cc(N)c1N1CCCC(C)C1. The summed E-state index contributed by atoms with van der Waals surface area (Å²) < 4.78 is 2.10. The molecule has 1 unspecified atom stereocenters. The average Bonchev–Trinajstić information content (AvgIpc) is 2.64. The van der Waals surface area contributed by atoms with E-state index in [0.29, 0.717) is 17.5 Å². The molecule has 0 aliphatic carbocycles. The van der Waals surface area contributed by atoms with Crippen molar-refractivity contribution >= 4 is 11.5 Å². The highest BCUT2D eigenvalue weighted by Crippen LogP contribution is 2.32. The Morgan fingerprint density at radius 3 is 2.84 bits per heavy atom. The maximum absolute atomic E-state index is 9.27. The molecular formula is C15H24N4. The molecule has 1 aliphatic rings. The molecule has 2 rings (SSSR count). The number of anilines is 2. The molecule has 1 aromatic heterocycles. The number of rotatable bonds is 3. The number of aromatic nitrogens is 1. The predicted octanol–water partition coefficient (Wildman–Crippen LogP) is 2.83. The van der Waals surface area contributed by atoms with E-state index in [1.54, 1.807) is 0 Å². The van der Waals surface area contributed by atoms with Crippen LogP contribution in [0.5, 0.6) is 0 Å². The number of nitrogens with zero attached hydrogens (tertiary/aromatic N) is 3. The number of nitriles is 1. The maximum atomic E-state index is 9.27. The maximum Gasteiger partial charge on any atom is 0.133 e. The first kappa shape index (κ1) is 13.8. The van der Waals surface area contributed by atoms with E-state index in [4.69, 9.17) is 5.73 Å². The molecule has 1 atom stereocenters. The summed E-state index contributed by atoms with van der Waals surface area (Å²) in [6.45, 7) is 9.54. The molecule has 1 saturated heterocycles. The Morgan fingerprint density at radius 1 is 1.53 bits per heavy atom. The summed E-state index contributed by atoms with van der Waals surface area (Å²) in [6, 6.07) is 4.09. The van der Waals surface area contributed by atoms with E-state index < -0.39 is 0 Å². The highest BCUT2D eigenvalue weighted by molar-refractivity contribution is 5.68. The lowest BCUT2D eigenvalue weighted by Gasteiger charge is -2.34.